The Kier molecular flexibility index (Phi) is 3.68. The van der Waals surface area contributed by atoms with Gasteiger partial charge in [-0.1, -0.05) is 19.4 Å². The standard InChI is InChI=1S/C12H17N3/c1-4-8-12(2,3)15-11-7-5-6-10(9-13)14-11/h5-7H,4,8H2,1-3H3,(H,14,15). The fraction of sp³-hybridized carbons (Fsp3) is 0.500. The van der Waals surface area contributed by atoms with E-state index in [9.17, 15) is 0 Å². The van der Waals surface area contributed by atoms with E-state index < -0.39 is 0 Å². The molecule has 1 rings (SSSR count). The number of anilines is 1. The molecule has 0 fully saturated rings. The van der Waals surface area contributed by atoms with Crippen molar-refractivity contribution in [2.24, 2.45) is 0 Å². The molecule has 15 heavy (non-hydrogen) atoms. The van der Waals surface area contributed by atoms with E-state index >= 15 is 0 Å². The molecule has 3 nitrogen and oxygen atoms in total. The van der Waals surface area contributed by atoms with Crippen LogP contribution in [0.3, 0.4) is 0 Å². The SMILES string of the molecule is CCCC(C)(C)Nc1cccc(C#N)n1. The number of nitriles is 1. The maximum atomic E-state index is 8.72. The topological polar surface area (TPSA) is 48.7 Å². The third-order valence-corrected chi connectivity index (χ3v) is 2.21. The molecule has 1 N–H and O–H groups in total. The Morgan fingerprint density at radius 3 is 2.80 bits per heavy atom. The fourth-order valence-electron chi connectivity index (χ4n) is 1.60. The van der Waals surface area contributed by atoms with Gasteiger partial charge < -0.3 is 5.32 Å². The van der Waals surface area contributed by atoms with Crippen LogP contribution in [-0.2, 0) is 0 Å². The predicted molar refractivity (Wildman–Crippen MR) is 61.6 cm³/mol. The van der Waals surface area contributed by atoms with Gasteiger partial charge in [-0.3, -0.25) is 0 Å². The molecule has 0 radical (unpaired) electrons. The molecule has 0 saturated carbocycles. The number of rotatable bonds is 4. The smallest absolute Gasteiger partial charge is 0.142 e. The molecule has 0 unspecified atom stereocenters. The van der Waals surface area contributed by atoms with E-state index in [-0.39, 0.29) is 5.54 Å². The number of hydrogen-bond acceptors (Lipinski definition) is 3. The van der Waals surface area contributed by atoms with Gasteiger partial charge in [-0.15, -0.1) is 0 Å². The highest BCUT2D eigenvalue weighted by Crippen LogP contribution is 2.17. The molecular weight excluding hydrogens is 186 g/mol. The van der Waals surface area contributed by atoms with E-state index in [1.807, 2.05) is 18.2 Å². The Balaban J connectivity index is 2.76. The van der Waals surface area contributed by atoms with E-state index in [4.69, 9.17) is 5.26 Å². The Labute approximate surface area is 91.1 Å². The van der Waals surface area contributed by atoms with Gasteiger partial charge in [-0.2, -0.15) is 5.26 Å². The molecule has 0 aliphatic carbocycles. The van der Waals surface area contributed by atoms with Crippen LogP contribution in [0.25, 0.3) is 0 Å². The van der Waals surface area contributed by atoms with Crippen molar-refractivity contribution >= 4 is 5.82 Å². The maximum absolute atomic E-state index is 8.72. The van der Waals surface area contributed by atoms with Gasteiger partial charge in [-0.05, 0) is 32.4 Å². The molecule has 80 valence electrons. The summed E-state index contributed by atoms with van der Waals surface area (Å²) in [6.45, 7) is 6.43. The predicted octanol–water partition coefficient (Wildman–Crippen LogP) is 2.94. The first-order chi connectivity index (χ1) is 7.07. The van der Waals surface area contributed by atoms with Gasteiger partial charge in [0, 0.05) is 5.54 Å². The lowest BCUT2D eigenvalue weighted by molar-refractivity contribution is 0.509. The molecule has 0 aliphatic rings. The molecule has 1 heterocycles. The molecule has 0 spiro atoms. The first-order valence-corrected chi connectivity index (χ1v) is 5.23. The van der Waals surface area contributed by atoms with Crippen molar-refractivity contribution in [3.05, 3.63) is 23.9 Å². The minimum Gasteiger partial charge on any atom is -0.365 e. The number of nitrogens with zero attached hydrogens (tertiary/aromatic N) is 2. The first-order valence-electron chi connectivity index (χ1n) is 5.23. The number of aromatic nitrogens is 1. The van der Waals surface area contributed by atoms with Crippen LogP contribution in [0.2, 0.25) is 0 Å². The summed E-state index contributed by atoms with van der Waals surface area (Å²) < 4.78 is 0. The summed E-state index contributed by atoms with van der Waals surface area (Å²) >= 11 is 0. The van der Waals surface area contributed by atoms with Gasteiger partial charge in [-0.25, -0.2) is 4.98 Å². The molecule has 0 saturated heterocycles. The third kappa shape index (κ3) is 3.59. The molecule has 0 bridgehead atoms. The molecule has 1 aromatic heterocycles. The van der Waals surface area contributed by atoms with Crippen LogP contribution < -0.4 is 5.32 Å². The van der Waals surface area contributed by atoms with Crippen molar-refractivity contribution in [2.75, 3.05) is 5.32 Å². The Morgan fingerprint density at radius 1 is 1.47 bits per heavy atom. The number of nitrogens with one attached hydrogen (secondary N) is 1. The zero-order valence-electron chi connectivity index (χ0n) is 9.54. The summed E-state index contributed by atoms with van der Waals surface area (Å²) in [4.78, 5) is 4.19. The van der Waals surface area contributed by atoms with E-state index in [0.29, 0.717) is 5.69 Å². The average molecular weight is 203 g/mol. The highest BCUT2D eigenvalue weighted by molar-refractivity contribution is 5.40. The van der Waals surface area contributed by atoms with Crippen LogP contribution in [0.15, 0.2) is 18.2 Å². The minimum atomic E-state index is 0.0236. The van der Waals surface area contributed by atoms with Crippen molar-refractivity contribution < 1.29 is 0 Å². The lowest BCUT2D eigenvalue weighted by atomic mass is 9.99. The second-order valence-corrected chi connectivity index (χ2v) is 4.28. The van der Waals surface area contributed by atoms with Gasteiger partial charge in [0.05, 0.1) is 0 Å². The second kappa shape index (κ2) is 4.79. The van der Waals surface area contributed by atoms with E-state index in [1.54, 1.807) is 6.07 Å². The summed E-state index contributed by atoms with van der Waals surface area (Å²) in [5, 5.41) is 12.1. The van der Waals surface area contributed by atoms with E-state index in [2.05, 4.69) is 31.1 Å². The number of hydrogen-bond donors (Lipinski definition) is 1. The highest BCUT2D eigenvalue weighted by Gasteiger charge is 2.16. The summed E-state index contributed by atoms with van der Waals surface area (Å²) in [7, 11) is 0. The van der Waals surface area contributed by atoms with Crippen LogP contribution in [0, 0.1) is 11.3 Å². The van der Waals surface area contributed by atoms with Gasteiger partial charge in [0.15, 0.2) is 0 Å². The zero-order chi connectivity index (χ0) is 11.3. The molecule has 3 heteroatoms. The van der Waals surface area contributed by atoms with Crippen LogP contribution in [0.1, 0.15) is 39.3 Å². The second-order valence-electron chi connectivity index (χ2n) is 4.28. The highest BCUT2D eigenvalue weighted by atomic mass is 15.0. The van der Waals surface area contributed by atoms with Crippen molar-refractivity contribution in [3.63, 3.8) is 0 Å². The van der Waals surface area contributed by atoms with Crippen LogP contribution >= 0.6 is 0 Å². The van der Waals surface area contributed by atoms with Crippen molar-refractivity contribution in [1.82, 2.24) is 4.98 Å². The van der Waals surface area contributed by atoms with E-state index in [0.717, 1.165) is 18.7 Å². The first kappa shape index (κ1) is 11.5. The summed E-state index contributed by atoms with van der Waals surface area (Å²) in [6.07, 6.45) is 2.20. The Morgan fingerprint density at radius 2 is 2.20 bits per heavy atom. The summed E-state index contributed by atoms with van der Waals surface area (Å²) in [5.41, 5.74) is 0.475. The van der Waals surface area contributed by atoms with Gasteiger partial charge in [0.2, 0.25) is 0 Å². The normalized spacial score (nSPS) is 10.8. The lowest BCUT2D eigenvalue weighted by Crippen LogP contribution is -2.30. The zero-order valence-corrected chi connectivity index (χ0v) is 9.54. The quantitative estimate of drug-likeness (QED) is 0.818. The maximum Gasteiger partial charge on any atom is 0.142 e. The van der Waals surface area contributed by atoms with Gasteiger partial charge >= 0.3 is 0 Å². The van der Waals surface area contributed by atoms with E-state index in [1.165, 1.54) is 0 Å². The monoisotopic (exact) mass is 203 g/mol. The molecule has 1 aromatic rings. The molecule has 0 aliphatic heterocycles. The van der Waals surface area contributed by atoms with Crippen molar-refractivity contribution in [1.29, 1.82) is 5.26 Å². The minimum absolute atomic E-state index is 0.0236. The Bertz CT molecular complexity index is 363. The van der Waals surface area contributed by atoms with Crippen LogP contribution in [0.5, 0.6) is 0 Å². The molecule has 0 amide bonds. The van der Waals surface area contributed by atoms with Gasteiger partial charge in [0.25, 0.3) is 0 Å². The van der Waals surface area contributed by atoms with Gasteiger partial charge in [0.1, 0.15) is 17.6 Å². The van der Waals surface area contributed by atoms with Crippen LogP contribution in [0.4, 0.5) is 5.82 Å². The number of pyridine rings is 1. The fourth-order valence-corrected chi connectivity index (χ4v) is 1.60. The summed E-state index contributed by atoms with van der Waals surface area (Å²) in [5.74, 6) is 0.771. The van der Waals surface area contributed by atoms with Crippen molar-refractivity contribution in [3.8, 4) is 6.07 Å². The summed E-state index contributed by atoms with van der Waals surface area (Å²) in [6, 6.07) is 7.47. The average Bonchev–Trinajstić information content (AvgIpc) is 2.17. The van der Waals surface area contributed by atoms with Crippen molar-refractivity contribution in [2.45, 2.75) is 39.2 Å². The molecular formula is C12H17N3. The Hall–Kier alpha value is -1.56. The molecule has 0 atom stereocenters. The lowest BCUT2D eigenvalue weighted by Gasteiger charge is -2.26. The third-order valence-electron chi connectivity index (χ3n) is 2.21. The van der Waals surface area contributed by atoms with Crippen LogP contribution in [-0.4, -0.2) is 10.5 Å². The molecule has 0 aromatic carbocycles. The largest absolute Gasteiger partial charge is 0.365 e.